The van der Waals surface area contributed by atoms with Crippen molar-refractivity contribution in [3.8, 4) is 0 Å². The van der Waals surface area contributed by atoms with Gasteiger partial charge in [0, 0.05) is 35.4 Å². The summed E-state index contributed by atoms with van der Waals surface area (Å²) >= 11 is 6.96. The van der Waals surface area contributed by atoms with Crippen molar-refractivity contribution in [2.24, 2.45) is 5.41 Å². The van der Waals surface area contributed by atoms with Gasteiger partial charge in [-0.05, 0) is 59.5 Å². The van der Waals surface area contributed by atoms with Gasteiger partial charge in [0.15, 0.2) is 0 Å². The number of benzene rings is 2. The maximum Gasteiger partial charge on any atom is 0.399 e. The van der Waals surface area contributed by atoms with Crippen LogP contribution in [0.3, 0.4) is 0 Å². The van der Waals surface area contributed by atoms with Crippen LogP contribution in [-0.2, 0) is 26.4 Å². The van der Waals surface area contributed by atoms with Crippen LogP contribution in [0.2, 0.25) is 5.02 Å². The quantitative estimate of drug-likeness (QED) is 0.272. The number of hydrogen-bond donors (Lipinski definition) is 3. The average molecular weight is 656 g/mol. The summed E-state index contributed by atoms with van der Waals surface area (Å²) < 4.78 is 40.2. The lowest BCUT2D eigenvalue weighted by molar-refractivity contribution is -0.145. The molecular weight excluding hydrogens is 623 g/mol. The molecular formula is C29H33ClF2N3O6PS. The van der Waals surface area contributed by atoms with Crippen LogP contribution in [0.25, 0.3) is 10.1 Å². The Labute approximate surface area is 257 Å². The van der Waals surface area contributed by atoms with E-state index in [0.717, 1.165) is 29.0 Å². The molecule has 9 nitrogen and oxygen atoms in total. The molecule has 1 saturated heterocycles. The zero-order chi connectivity index (χ0) is 31.9. The van der Waals surface area contributed by atoms with E-state index in [9.17, 15) is 27.7 Å². The fourth-order valence-corrected chi connectivity index (χ4v) is 6.56. The number of rotatable bonds is 8. The van der Waals surface area contributed by atoms with Gasteiger partial charge in [-0.15, -0.1) is 11.3 Å². The number of carbonyl (C=O) groups is 3. The van der Waals surface area contributed by atoms with Crippen LogP contribution in [0.4, 0.5) is 8.78 Å². The number of nitrogens with one attached hydrogen (secondary N) is 1. The molecule has 3 N–H and O–H groups in total. The Morgan fingerprint density at radius 3 is 2.40 bits per heavy atom. The van der Waals surface area contributed by atoms with E-state index in [0.29, 0.717) is 35.7 Å². The first kappa shape index (κ1) is 33.0. The van der Waals surface area contributed by atoms with Gasteiger partial charge in [-0.25, -0.2) is 0 Å². The van der Waals surface area contributed by atoms with E-state index in [1.165, 1.54) is 17.0 Å². The SMILES string of the molecule is CN(Cc1ccc(Cl)cc1)C(=O)C1CCCN1C(=O)C(NC(=O)c1cc2cc(C(F)(F)P(=O)(O)O)ccc2s1)C(C)(C)C. The fraction of sp³-hybridized carbons (Fsp3) is 0.414. The van der Waals surface area contributed by atoms with Gasteiger partial charge in [-0.3, -0.25) is 18.9 Å². The van der Waals surface area contributed by atoms with Gasteiger partial charge >= 0.3 is 13.3 Å². The maximum atomic E-state index is 14.2. The number of fused-ring (bicyclic) bond motifs is 1. The van der Waals surface area contributed by atoms with Crippen LogP contribution in [0.5, 0.6) is 0 Å². The molecule has 0 aliphatic carbocycles. The minimum Gasteiger partial charge on any atom is -0.340 e. The number of carbonyl (C=O) groups excluding carboxylic acids is 3. The van der Waals surface area contributed by atoms with E-state index < -0.39 is 48.1 Å². The molecule has 14 heteroatoms. The Balaban J connectivity index is 1.52. The van der Waals surface area contributed by atoms with Crippen LogP contribution in [0, 0.1) is 5.41 Å². The third-order valence-electron chi connectivity index (χ3n) is 7.37. The van der Waals surface area contributed by atoms with Gasteiger partial charge in [0.05, 0.1) is 4.88 Å². The third-order valence-corrected chi connectivity index (χ3v) is 9.73. The highest BCUT2D eigenvalue weighted by atomic mass is 35.5. The van der Waals surface area contributed by atoms with Gasteiger partial charge < -0.3 is 24.9 Å². The number of thiophene rings is 1. The Morgan fingerprint density at radius 2 is 1.79 bits per heavy atom. The Kier molecular flexibility index (Phi) is 9.40. The van der Waals surface area contributed by atoms with Gasteiger partial charge in [-0.2, -0.15) is 8.78 Å². The zero-order valence-electron chi connectivity index (χ0n) is 24.0. The molecule has 0 spiro atoms. The molecule has 1 aliphatic heterocycles. The van der Waals surface area contributed by atoms with E-state index >= 15 is 0 Å². The van der Waals surface area contributed by atoms with Crippen LogP contribution in [0.1, 0.15) is 54.4 Å². The van der Waals surface area contributed by atoms with Gasteiger partial charge in [0.2, 0.25) is 11.8 Å². The molecule has 1 fully saturated rings. The van der Waals surface area contributed by atoms with Crippen molar-refractivity contribution in [2.75, 3.05) is 13.6 Å². The monoisotopic (exact) mass is 655 g/mol. The van der Waals surface area contributed by atoms with Gasteiger partial charge in [0.1, 0.15) is 12.1 Å². The Hall–Kier alpha value is -2.89. The second-order valence-electron chi connectivity index (χ2n) is 11.7. The smallest absolute Gasteiger partial charge is 0.340 e. The minimum absolute atomic E-state index is 0.130. The lowest BCUT2D eigenvalue weighted by atomic mass is 9.85. The Morgan fingerprint density at radius 1 is 1.14 bits per heavy atom. The second-order valence-corrected chi connectivity index (χ2v) is 14.9. The van der Waals surface area contributed by atoms with Crippen LogP contribution >= 0.6 is 30.5 Å². The number of likely N-dealkylation sites (N-methyl/N-ethyl adjacent to an activating group) is 1. The van der Waals surface area contributed by atoms with E-state index in [1.54, 1.807) is 44.9 Å². The molecule has 2 heterocycles. The highest BCUT2D eigenvalue weighted by molar-refractivity contribution is 7.52. The van der Waals surface area contributed by atoms with Crippen LogP contribution in [0.15, 0.2) is 48.5 Å². The number of amides is 3. The maximum absolute atomic E-state index is 14.2. The first-order chi connectivity index (χ1) is 19.9. The largest absolute Gasteiger partial charge is 0.399 e. The molecule has 232 valence electrons. The summed E-state index contributed by atoms with van der Waals surface area (Å²) in [5.74, 6) is -1.23. The summed E-state index contributed by atoms with van der Waals surface area (Å²) in [6, 6.07) is 9.90. The summed E-state index contributed by atoms with van der Waals surface area (Å²) in [6.07, 6.45) is 1.11. The number of alkyl halides is 2. The molecule has 1 aliphatic rings. The number of likely N-dealkylation sites (tertiary alicyclic amines) is 1. The average Bonchev–Trinajstić information content (AvgIpc) is 3.58. The van der Waals surface area contributed by atoms with Crippen LogP contribution in [-0.4, -0.2) is 63.0 Å². The summed E-state index contributed by atoms with van der Waals surface area (Å²) in [6.45, 7) is 6.05. The predicted octanol–water partition coefficient (Wildman–Crippen LogP) is 5.58. The van der Waals surface area contributed by atoms with E-state index in [2.05, 4.69) is 5.32 Å². The highest BCUT2D eigenvalue weighted by Crippen LogP contribution is 2.59. The molecule has 1 aromatic heterocycles. The standard InChI is InChI=1S/C29H33ClF2N3O6PS/c1-28(2,3)24(27(38)35-13-5-6-21(35)26(37)34(4)16-17-7-10-20(30)11-8-17)33-25(36)23-15-18-14-19(9-12-22(18)43-23)29(31,32)42(39,40)41/h7-12,14-15,21,24H,5-6,13,16H2,1-4H3,(H,33,36)(H2,39,40,41). The number of hydrogen-bond acceptors (Lipinski definition) is 5. The van der Waals surface area contributed by atoms with Crippen molar-refractivity contribution in [3.05, 3.63) is 69.6 Å². The Bertz CT molecular complexity index is 1590. The molecule has 3 amide bonds. The molecule has 4 rings (SSSR count). The van der Waals surface area contributed by atoms with Gasteiger partial charge in [0.25, 0.3) is 5.91 Å². The summed E-state index contributed by atoms with van der Waals surface area (Å²) in [7, 11) is -4.09. The van der Waals surface area contributed by atoms with Gasteiger partial charge in [-0.1, -0.05) is 50.6 Å². The van der Waals surface area contributed by atoms with Crippen molar-refractivity contribution in [3.63, 3.8) is 0 Å². The van der Waals surface area contributed by atoms with Crippen molar-refractivity contribution < 1.29 is 37.5 Å². The highest BCUT2D eigenvalue weighted by Gasteiger charge is 2.50. The molecule has 0 radical (unpaired) electrons. The fourth-order valence-electron chi connectivity index (χ4n) is 5.01. The second kappa shape index (κ2) is 12.2. The number of nitrogens with zero attached hydrogens (tertiary/aromatic N) is 2. The zero-order valence-corrected chi connectivity index (χ0v) is 26.5. The molecule has 3 aromatic rings. The topological polar surface area (TPSA) is 127 Å². The first-order valence-electron chi connectivity index (χ1n) is 13.5. The van der Waals surface area contributed by atoms with E-state index in [4.69, 9.17) is 21.4 Å². The van der Waals surface area contributed by atoms with Crippen molar-refractivity contribution in [2.45, 2.75) is 57.9 Å². The lowest BCUT2D eigenvalue weighted by Gasteiger charge is -2.36. The lowest BCUT2D eigenvalue weighted by Crippen LogP contribution is -2.57. The summed E-state index contributed by atoms with van der Waals surface area (Å²) in [5, 5.41) is 3.57. The summed E-state index contributed by atoms with van der Waals surface area (Å²) in [4.78, 5) is 62.0. The molecule has 2 aromatic carbocycles. The first-order valence-corrected chi connectivity index (χ1v) is 16.3. The van der Waals surface area contributed by atoms with Crippen molar-refractivity contribution >= 4 is 58.3 Å². The molecule has 43 heavy (non-hydrogen) atoms. The molecule has 2 atom stereocenters. The molecule has 2 unspecified atom stereocenters. The van der Waals surface area contributed by atoms with E-state index in [1.807, 2.05) is 12.1 Å². The third kappa shape index (κ3) is 7.10. The van der Waals surface area contributed by atoms with E-state index in [-0.39, 0.29) is 16.2 Å². The normalized spacial score (nSPS) is 16.8. The predicted molar refractivity (Wildman–Crippen MR) is 161 cm³/mol. The molecule has 0 saturated carbocycles. The van der Waals surface area contributed by atoms with Crippen molar-refractivity contribution in [1.82, 2.24) is 15.1 Å². The number of halogens is 3. The molecule has 0 bridgehead atoms. The summed E-state index contributed by atoms with van der Waals surface area (Å²) in [5.41, 5.74) is -5.11. The van der Waals surface area contributed by atoms with Crippen LogP contribution < -0.4 is 5.32 Å². The van der Waals surface area contributed by atoms with Crippen molar-refractivity contribution in [1.29, 1.82) is 0 Å². The minimum atomic E-state index is -5.76.